The van der Waals surface area contributed by atoms with E-state index >= 15 is 0 Å². The lowest BCUT2D eigenvalue weighted by Gasteiger charge is -2.09. The zero-order valence-corrected chi connectivity index (χ0v) is 17.2. The fourth-order valence-corrected chi connectivity index (χ4v) is 2.99. The van der Waals surface area contributed by atoms with E-state index in [2.05, 4.69) is 20.8 Å². The second-order valence-corrected chi connectivity index (χ2v) is 7.95. The summed E-state index contributed by atoms with van der Waals surface area (Å²) in [4.78, 5) is 11.5. The maximum Gasteiger partial charge on any atom is 0.305 e. The zero-order chi connectivity index (χ0) is 18.8. The van der Waals surface area contributed by atoms with Gasteiger partial charge in [-0.3, -0.25) is 4.79 Å². The van der Waals surface area contributed by atoms with Gasteiger partial charge in [0.1, 0.15) is 0 Å². The molecule has 0 spiro atoms. The highest BCUT2D eigenvalue weighted by atomic mass is 16.5. The van der Waals surface area contributed by atoms with Crippen molar-refractivity contribution in [2.45, 2.75) is 123 Å². The Balaban J connectivity index is 3.20. The molecular formula is C22H44O3. The van der Waals surface area contributed by atoms with E-state index in [9.17, 15) is 9.90 Å². The Labute approximate surface area is 156 Å². The SMILES string of the molecule is CCCCCC(O)CCCCCCCCCCCC(=O)OCC(C)C. The summed E-state index contributed by atoms with van der Waals surface area (Å²) in [5.74, 6) is 0.388. The highest BCUT2D eigenvalue weighted by molar-refractivity contribution is 5.69. The second-order valence-electron chi connectivity index (χ2n) is 7.95. The van der Waals surface area contributed by atoms with Gasteiger partial charge in [-0.2, -0.15) is 0 Å². The van der Waals surface area contributed by atoms with Gasteiger partial charge in [0.2, 0.25) is 0 Å². The molecule has 0 aliphatic carbocycles. The molecule has 0 radical (unpaired) electrons. The summed E-state index contributed by atoms with van der Waals surface area (Å²) in [5.41, 5.74) is 0. The van der Waals surface area contributed by atoms with Gasteiger partial charge in [0, 0.05) is 6.42 Å². The number of aliphatic hydroxyl groups is 1. The molecule has 0 saturated heterocycles. The minimum absolute atomic E-state index is 0.0365. The first-order chi connectivity index (χ1) is 12.1. The van der Waals surface area contributed by atoms with Crippen LogP contribution in [0.1, 0.15) is 117 Å². The Hall–Kier alpha value is -0.570. The third kappa shape index (κ3) is 19.6. The third-order valence-electron chi connectivity index (χ3n) is 4.64. The molecule has 1 N–H and O–H groups in total. The van der Waals surface area contributed by atoms with Crippen molar-refractivity contribution in [1.29, 1.82) is 0 Å². The van der Waals surface area contributed by atoms with Gasteiger partial charge in [0.15, 0.2) is 0 Å². The molecule has 0 aliphatic heterocycles. The molecule has 1 unspecified atom stereocenters. The van der Waals surface area contributed by atoms with Crippen LogP contribution in [0.2, 0.25) is 0 Å². The van der Waals surface area contributed by atoms with Gasteiger partial charge in [-0.25, -0.2) is 0 Å². The third-order valence-corrected chi connectivity index (χ3v) is 4.64. The van der Waals surface area contributed by atoms with Crippen LogP contribution in [0.5, 0.6) is 0 Å². The monoisotopic (exact) mass is 356 g/mol. The van der Waals surface area contributed by atoms with Gasteiger partial charge in [0.25, 0.3) is 0 Å². The minimum Gasteiger partial charge on any atom is -0.465 e. The van der Waals surface area contributed by atoms with E-state index in [1.54, 1.807) is 0 Å². The van der Waals surface area contributed by atoms with E-state index in [0.29, 0.717) is 18.9 Å². The number of hydrogen-bond donors (Lipinski definition) is 1. The van der Waals surface area contributed by atoms with E-state index in [1.807, 2.05) is 0 Å². The molecule has 0 aromatic carbocycles. The van der Waals surface area contributed by atoms with Crippen molar-refractivity contribution in [1.82, 2.24) is 0 Å². The van der Waals surface area contributed by atoms with E-state index in [-0.39, 0.29) is 12.1 Å². The van der Waals surface area contributed by atoms with Crippen molar-refractivity contribution in [2.24, 2.45) is 5.92 Å². The van der Waals surface area contributed by atoms with E-state index in [4.69, 9.17) is 4.74 Å². The molecule has 3 heteroatoms. The lowest BCUT2D eigenvalue weighted by molar-refractivity contribution is -0.144. The quantitative estimate of drug-likeness (QED) is 0.228. The summed E-state index contributed by atoms with van der Waals surface area (Å²) in [6.45, 7) is 6.87. The maximum atomic E-state index is 11.5. The topological polar surface area (TPSA) is 46.5 Å². The average Bonchev–Trinajstić information content (AvgIpc) is 2.58. The highest BCUT2D eigenvalue weighted by Crippen LogP contribution is 2.14. The molecule has 0 aromatic rings. The highest BCUT2D eigenvalue weighted by Gasteiger charge is 2.04. The Morgan fingerprint density at radius 3 is 1.80 bits per heavy atom. The molecule has 150 valence electrons. The van der Waals surface area contributed by atoms with E-state index in [1.165, 1.54) is 64.2 Å². The minimum atomic E-state index is -0.0706. The van der Waals surface area contributed by atoms with E-state index in [0.717, 1.165) is 25.7 Å². The Morgan fingerprint density at radius 1 is 0.800 bits per heavy atom. The Morgan fingerprint density at radius 2 is 1.28 bits per heavy atom. The van der Waals surface area contributed by atoms with Gasteiger partial charge in [-0.1, -0.05) is 91.4 Å². The number of carbonyl (C=O) groups is 1. The number of hydrogen-bond acceptors (Lipinski definition) is 3. The summed E-state index contributed by atoms with van der Waals surface area (Å²) in [7, 11) is 0. The molecule has 0 heterocycles. The summed E-state index contributed by atoms with van der Waals surface area (Å²) in [6, 6.07) is 0. The van der Waals surface area contributed by atoms with Crippen molar-refractivity contribution in [3.05, 3.63) is 0 Å². The molecule has 0 aliphatic rings. The predicted octanol–water partition coefficient (Wildman–Crippen LogP) is 6.42. The summed E-state index contributed by atoms with van der Waals surface area (Å²) in [5, 5.41) is 9.87. The largest absolute Gasteiger partial charge is 0.465 e. The van der Waals surface area contributed by atoms with Crippen molar-refractivity contribution >= 4 is 5.97 Å². The normalized spacial score (nSPS) is 12.5. The van der Waals surface area contributed by atoms with Crippen LogP contribution in [-0.2, 0) is 9.53 Å². The number of rotatable bonds is 18. The summed E-state index contributed by atoms with van der Waals surface area (Å²) < 4.78 is 5.17. The molecule has 0 amide bonds. The lowest BCUT2D eigenvalue weighted by atomic mass is 10.0. The number of esters is 1. The van der Waals surface area contributed by atoms with Gasteiger partial charge in [0.05, 0.1) is 12.7 Å². The molecule has 0 saturated carbocycles. The number of aliphatic hydroxyl groups excluding tert-OH is 1. The summed E-state index contributed by atoms with van der Waals surface area (Å²) >= 11 is 0. The van der Waals surface area contributed by atoms with Gasteiger partial charge < -0.3 is 9.84 Å². The van der Waals surface area contributed by atoms with Crippen LogP contribution in [0.4, 0.5) is 0 Å². The Kier molecular flexibility index (Phi) is 17.8. The van der Waals surface area contributed by atoms with Crippen LogP contribution in [0, 0.1) is 5.92 Å². The number of carbonyl (C=O) groups excluding carboxylic acids is 1. The predicted molar refractivity (Wildman–Crippen MR) is 107 cm³/mol. The van der Waals surface area contributed by atoms with Crippen LogP contribution in [-0.4, -0.2) is 23.8 Å². The van der Waals surface area contributed by atoms with Crippen LogP contribution in [0.25, 0.3) is 0 Å². The molecule has 0 fully saturated rings. The zero-order valence-electron chi connectivity index (χ0n) is 17.2. The number of ether oxygens (including phenoxy) is 1. The smallest absolute Gasteiger partial charge is 0.305 e. The maximum absolute atomic E-state index is 11.5. The molecular weight excluding hydrogens is 312 g/mol. The average molecular weight is 357 g/mol. The van der Waals surface area contributed by atoms with Crippen LogP contribution in [0.3, 0.4) is 0 Å². The first-order valence-electron chi connectivity index (χ1n) is 10.9. The Bertz CT molecular complexity index is 289. The van der Waals surface area contributed by atoms with Crippen LogP contribution < -0.4 is 0 Å². The van der Waals surface area contributed by atoms with E-state index < -0.39 is 0 Å². The van der Waals surface area contributed by atoms with Crippen molar-refractivity contribution < 1.29 is 14.6 Å². The van der Waals surface area contributed by atoms with Crippen molar-refractivity contribution in [3.63, 3.8) is 0 Å². The first kappa shape index (κ1) is 24.4. The fourth-order valence-electron chi connectivity index (χ4n) is 2.99. The van der Waals surface area contributed by atoms with Gasteiger partial charge in [-0.05, 0) is 25.2 Å². The molecule has 0 rings (SSSR count). The van der Waals surface area contributed by atoms with Crippen molar-refractivity contribution in [2.75, 3.05) is 6.61 Å². The first-order valence-corrected chi connectivity index (χ1v) is 10.9. The molecule has 25 heavy (non-hydrogen) atoms. The molecule has 3 nitrogen and oxygen atoms in total. The van der Waals surface area contributed by atoms with Crippen molar-refractivity contribution in [3.8, 4) is 0 Å². The van der Waals surface area contributed by atoms with Crippen LogP contribution in [0.15, 0.2) is 0 Å². The van der Waals surface area contributed by atoms with Gasteiger partial charge in [-0.15, -0.1) is 0 Å². The lowest BCUT2D eigenvalue weighted by Crippen LogP contribution is -2.09. The fraction of sp³-hybridized carbons (Fsp3) is 0.955. The summed E-state index contributed by atoms with van der Waals surface area (Å²) in [6.07, 6.45) is 17.1. The molecule has 0 bridgehead atoms. The van der Waals surface area contributed by atoms with Gasteiger partial charge >= 0.3 is 5.97 Å². The standard InChI is InChI=1S/C22H44O3/c1-4-5-13-16-21(23)17-14-11-9-7-6-8-10-12-15-18-22(24)25-19-20(2)3/h20-21,23H,4-19H2,1-3H3. The van der Waals surface area contributed by atoms with Crippen LogP contribution >= 0.6 is 0 Å². The molecule has 0 aromatic heterocycles. The number of unbranched alkanes of at least 4 members (excludes halogenated alkanes) is 10. The second kappa shape index (κ2) is 18.2. The molecule has 1 atom stereocenters.